The van der Waals surface area contributed by atoms with Crippen LogP contribution >= 0.6 is 11.6 Å². The number of nitrogens with zero attached hydrogens (tertiary/aromatic N) is 2. The maximum atomic E-state index is 14.0. The fourth-order valence-corrected chi connectivity index (χ4v) is 5.91. The number of benzene rings is 3. The molecule has 0 heterocycles. The molecule has 0 radical (unpaired) electrons. The number of aryl methyl sites for hydroxylation is 2. The van der Waals surface area contributed by atoms with Crippen molar-refractivity contribution < 1.29 is 18.0 Å². The van der Waals surface area contributed by atoms with Crippen LogP contribution in [0.4, 0.5) is 5.69 Å². The van der Waals surface area contributed by atoms with E-state index in [1.807, 2.05) is 45.0 Å². The van der Waals surface area contributed by atoms with Crippen LogP contribution in [0, 0.1) is 13.8 Å². The van der Waals surface area contributed by atoms with Gasteiger partial charge >= 0.3 is 0 Å². The molecule has 0 aliphatic rings. The van der Waals surface area contributed by atoms with Crippen LogP contribution in [-0.4, -0.2) is 43.8 Å². The Morgan fingerprint density at radius 2 is 1.64 bits per heavy atom. The van der Waals surface area contributed by atoms with Crippen molar-refractivity contribution >= 4 is 39.1 Å². The summed E-state index contributed by atoms with van der Waals surface area (Å²) in [5.74, 6) is -0.803. The quantitative estimate of drug-likeness (QED) is 0.331. The minimum Gasteiger partial charge on any atom is -0.352 e. The second-order valence-electron chi connectivity index (χ2n) is 9.76. The van der Waals surface area contributed by atoms with Crippen LogP contribution in [0.15, 0.2) is 77.7 Å². The fourth-order valence-electron chi connectivity index (χ4n) is 4.19. The van der Waals surface area contributed by atoms with Gasteiger partial charge in [-0.1, -0.05) is 66.6 Å². The Hall–Kier alpha value is -3.36. The van der Waals surface area contributed by atoms with Crippen LogP contribution < -0.4 is 9.62 Å². The number of carbonyl (C=O) groups excluding carboxylic acids is 2. The lowest BCUT2D eigenvalue weighted by Crippen LogP contribution is -2.52. The fraction of sp³-hybridized carbons (Fsp3) is 0.333. The molecule has 3 aromatic rings. The summed E-state index contributed by atoms with van der Waals surface area (Å²) in [5, 5.41) is 3.39. The molecule has 3 aromatic carbocycles. The average Bonchev–Trinajstić information content (AvgIpc) is 2.90. The second-order valence-corrected chi connectivity index (χ2v) is 12.1. The monoisotopic (exact) mass is 569 g/mol. The number of sulfonamides is 1. The van der Waals surface area contributed by atoms with E-state index in [4.69, 9.17) is 11.6 Å². The molecule has 0 aromatic heterocycles. The van der Waals surface area contributed by atoms with Gasteiger partial charge in [0.25, 0.3) is 10.0 Å². The van der Waals surface area contributed by atoms with Crippen LogP contribution in [-0.2, 0) is 26.2 Å². The maximum Gasteiger partial charge on any atom is 0.264 e. The van der Waals surface area contributed by atoms with E-state index < -0.39 is 28.5 Å². The van der Waals surface area contributed by atoms with Crippen LogP contribution in [0.2, 0.25) is 5.02 Å². The van der Waals surface area contributed by atoms with E-state index in [1.54, 1.807) is 50.2 Å². The molecule has 39 heavy (non-hydrogen) atoms. The van der Waals surface area contributed by atoms with Gasteiger partial charge in [-0.05, 0) is 75.6 Å². The molecule has 0 aliphatic carbocycles. The highest BCUT2D eigenvalue weighted by Gasteiger charge is 2.33. The molecule has 0 spiro atoms. The smallest absolute Gasteiger partial charge is 0.264 e. The molecule has 0 saturated heterocycles. The molecule has 1 N–H and O–H groups in total. The van der Waals surface area contributed by atoms with Crippen molar-refractivity contribution in [3.63, 3.8) is 0 Å². The number of halogens is 1. The van der Waals surface area contributed by atoms with Crippen molar-refractivity contribution in [2.45, 2.75) is 64.6 Å². The Morgan fingerprint density at radius 1 is 0.949 bits per heavy atom. The molecule has 208 valence electrons. The van der Waals surface area contributed by atoms with E-state index in [1.165, 1.54) is 17.0 Å². The molecule has 2 amide bonds. The summed E-state index contributed by atoms with van der Waals surface area (Å²) in [6.07, 6.45) is 0.739. The van der Waals surface area contributed by atoms with Crippen LogP contribution in [0.25, 0.3) is 0 Å². The van der Waals surface area contributed by atoms with Gasteiger partial charge in [0.1, 0.15) is 12.6 Å². The van der Waals surface area contributed by atoms with E-state index >= 15 is 0 Å². The highest BCUT2D eigenvalue weighted by molar-refractivity contribution is 7.92. The largest absolute Gasteiger partial charge is 0.352 e. The number of rotatable bonds is 11. The van der Waals surface area contributed by atoms with E-state index in [-0.39, 0.29) is 23.4 Å². The van der Waals surface area contributed by atoms with Crippen LogP contribution in [0.1, 0.15) is 43.9 Å². The van der Waals surface area contributed by atoms with Crippen molar-refractivity contribution in [1.29, 1.82) is 0 Å². The topological polar surface area (TPSA) is 86.8 Å². The summed E-state index contributed by atoms with van der Waals surface area (Å²) in [5.41, 5.74) is 2.79. The van der Waals surface area contributed by atoms with E-state index in [0.717, 1.165) is 21.9 Å². The SMILES string of the molecule is CCC(C)NC(=O)C(C)N(Cc1cccc(C)c1)C(=O)CN(c1ccc(Cl)cc1C)S(=O)(=O)c1ccccc1. The van der Waals surface area contributed by atoms with E-state index in [2.05, 4.69) is 5.32 Å². The molecule has 0 aliphatic heterocycles. The zero-order valence-electron chi connectivity index (χ0n) is 23.0. The van der Waals surface area contributed by atoms with Gasteiger partial charge in [-0.3, -0.25) is 13.9 Å². The molecule has 9 heteroatoms. The number of nitrogens with one attached hydrogen (secondary N) is 1. The van der Waals surface area contributed by atoms with Crippen molar-refractivity contribution in [2.24, 2.45) is 0 Å². The van der Waals surface area contributed by atoms with Gasteiger partial charge in [0, 0.05) is 17.6 Å². The normalized spacial score (nSPS) is 12.9. The second kappa shape index (κ2) is 13.1. The summed E-state index contributed by atoms with van der Waals surface area (Å²) < 4.78 is 28.8. The Balaban J connectivity index is 2.05. The standard InChI is InChI=1S/C30H36ClN3O4S/c1-6-23(4)32-30(36)24(5)33(19-25-12-10-11-21(2)17-25)29(35)20-34(28-16-15-26(31)18-22(28)3)39(37,38)27-13-8-7-9-14-27/h7-18,23-24H,6,19-20H2,1-5H3,(H,32,36). The summed E-state index contributed by atoms with van der Waals surface area (Å²) in [6.45, 7) is 8.87. The minimum atomic E-state index is -4.12. The molecule has 7 nitrogen and oxygen atoms in total. The third-order valence-corrected chi connectivity index (χ3v) is 8.65. The molecule has 2 unspecified atom stereocenters. The Morgan fingerprint density at radius 3 is 2.26 bits per heavy atom. The molecule has 2 atom stereocenters. The molecular weight excluding hydrogens is 534 g/mol. The van der Waals surface area contributed by atoms with Crippen molar-refractivity contribution in [3.8, 4) is 0 Å². The predicted molar refractivity (Wildman–Crippen MR) is 156 cm³/mol. The Kier molecular flexibility index (Phi) is 10.2. The zero-order chi connectivity index (χ0) is 28.7. The third-order valence-electron chi connectivity index (χ3n) is 6.64. The van der Waals surface area contributed by atoms with Crippen LogP contribution in [0.5, 0.6) is 0 Å². The first-order chi connectivity index (χ1) is 18.4. The van der Waals surface area contributed by atoms with Crippen molar-refractivity contribution in [3.05, 3.63) is 94.5 Å². The first kappa shape index (κ1) is 30.2. The van der Waals surface area contributed by atoms with Crippen LogP contribution in [0.3, 0.4) is 0 Å². The van der Waals surface area contributed by atoms with Gasteiger partial charge in [0.05, 0.1) is 10.6 Å². The van der Waals surface area contributed by atoms with Gasteiger partial charge in [0.2, 0.25) is 11.8 Å². The number of amides is 2. The Bertz CT molecular complexity index is 1410. The lowest BCUT2D eigenvalue weighted by atomic mass is 10.1. The average molecular weight is 570 g/mol. The predicted octanol–water partition coefficient (Wildman–Crippen LogP) is 5.48. The first-order valence-corrected chi connectivity index (χ1v) is 14.7. The first-order valence-electron chi connectivity index (χ1n) is 12.9. The van der Waals surface area contributed by atoms with Gasteiger partial charge in [-0.2, -0.15) is 0 Å². The summed E-state index contributed by atoms with van der Waals surface area (Å²) in [4.78, 5) is 28.6. The minimum absolute atomic E-state index is 0.0555. The lowest BCUT2D eigenvalue weighted by Gasteiger charge is -2.33. The maximum absolute atomic E-state index is 14.0. The number of hydrogen-bond acceptors (Lipinski definition) is 4. The van der Waals surface area contributed by atoms with Crippen molar-refractivity contribution in [1.82, 2.24) is 10.2 Å². The summed E-state index contributed by atoms with van der Waals surface area (Å²) in [6, 6.07) is 19.6. The summed E-state index contributed by atoms with van der Waals surface area (Å²) in [7, 11) is -4.12. The lowest BCUT2D eigenvalue weighted by molar-refractivity contribution is -0.139. The zero-order valence-corrected chi connectivity index (χ0v) is 24.6. The van der Waals surface area contributed by atoms with E-state index in [0.29, 0.717) is 16.3 Å². The van der Waals surface area contributed by atoms with Gasteiger partial charge < -0.3 is 10.2 Å². The number of carbonyl (C=O) groups is 2. The van der Waals surface area contributed by atoms with Gasteiger partial charge in [-0.15, -0.1) is 0 Å². The molecule has 3 rings (SSSR count). The van der Waals surface area contributed by atoms with Gasteiger partial charge in [-0.25, -0.2) is 8.42 Å². The molecule has 0 saturated carbocycles. The highest BCUT2D eigenvalue weighted by atomic mass is 35.5. The Labute approximate surface area is 236 Å². The third kappa shape index (κ3) is 7.61. The highest BCUT2D eigenvalue weighted by Crippen LogP contribution is 2.29. The van der Waals surface area contributed by atoms with E-state index in [9.17, 15) is 18.0 Å². The number of anilines is 1. The number of hydrogen-bond donors (Lipinski definition) is 1. The molecular formula is C30H36ClN3O4S. The summed E-state index contributed by atoms with van der Waals surface area (Å²) >= 11 is 6.15. The van der Waals surface area contributed by atoms with Crippen molar-refractivity contribution in [2.75, 3.05) is 10.8 Å². The molecule has 0 fully saturated rings. The van der Waals surface area contributed by atoms with Gasteiger partial charge in [0.15, 0.2) is 0 Å². The molecule has 0 bridgehead atoms.